The number of aromatic nitrogens is 4. The zero-order chi connectivity index (χ0) is 22.8. The number of anilines is 2. The topological polar surface area (TPSA) is 53.3 Å². The van der Waals surface area contributed by atoms with Crippen LogP contribution in [-0.2, 0) is 0 Å². The van der Waals surface area contributed by atoms with Gasteiger partial charge in [0.1, 0.15) is 5.82 Å². The molecular formula is C25H32FN7. The van der Waals surface area contributed by atoms with Gasteiger partial charge in [0, 0.05) is 46.0 Å². The van der Waals surface area contributed by atoms with E-state index in [-0.39, 0.29) is 11.9 Å². The van der Waals surface area contributed by atoms with E-state index in [1.807, 2.05) is 12.1 Å². The van der Waals surface area contributed by atoms with E-state index in [4.69, 9.17) is 0 Å². The maximum atomic E-state index is 14.4. The van der Waals surface area contributed by atoms with Crippen LogP contribution < -0.4 is 9.80 Å². The van der Waals surface area contributed by atoms with Crippen molar-refractivity contribution in [1.82, 2.24) is 25.1 Å². The summed E-state index contributed by atoms with van der Waals surface area (Å²) in [7, 11) is 4.10. The molecule has 0 unspecified atom stereocenters. The Morgan fingerprint density at radius 3 is 2.30 bits per heavy atom. The normalized spacial score (nSPS) is 18.6. The third kappa shape index (κ3) is 4.44. The lowest BCUT2D eigenvalue weighted by Crippen LogP contribution is -2.48. The third-order valence-electron chi connectivity index (χ3n) is 7.03. The van der Waals surface area contributed by atoms with Crippen molar-refractivity contribution in [3.05, 3.63) is 65.7 Å². The molecule has 1 saturated heterocycles. The van der Waals surface area contributed by atoms with Gasteiger partial charge in [-0.1, -0.05) is 37.1 Å². The van der Waals surface area contributed by atoms with Crippen LogP contribution in [0, 0.1) is 5.82 Å². The van der Waals surface area contributed by atoms with Gasteiger partial charge in [0.2, 0.25) is 0 Å². The molecule has 8 heteroatoms. The molecule has 33 heavy (non-hydrogen) atoms. The van der Waals surface area contributed by atoms with Crippen molar-refractivity contribution in [2.45, 2.75) is 37.8 Å². The van der Waals surface area contributed by atoms with Crippen LogP contribution in [0.15, 0.2) is 48.5 Å². The summed E-state index contributed by atoms with van der Waals surface area (Å²) in [5.74, 6) is 0.755. The molecule has 0 amide bonds. The average Bonchev–Trinajstić information content (AvgIpc) is 3.53. The van der Waals surface area contributed by atoms with Crippen molar-refractivity contribution in [3.8, 4) is 0 Å². The molecule has 2 fully saturated rings. The Hall–Kier alpha value is -3.00. The first-order valence-electron chi connectivity index (χ1n) is 11.9. The highest BCUT2D eigenvalue weighted by atomic mass is 19.1. The van der Waals surface area contributed by atoms with E-state index in [9.17, 15) is 4.39 Å². The smallest absolute Gasteiger partial charge is 0.173 e. The lowest BCUT2D eigenvalue weighted by atomic mass is 10.0. The number of para-hydroxylation sites is 1. The van der Waals surface area contributed by atoms with E-state index in [0.29, 0.717) is 11.7 Å². The fourth-order valence-electron chi connectivity index (χ4n) is 5.20. The molecule has 1 aromatic heterocycles. The highest BCUT2D eigenvalue weighted by molar-refractivity contribution is 5.49. The number of hydrogen-bond donors (Lipinski definition) is 0. The van der Waals surface area contributed by atoms with E-state index in [1.165, 1.54) is 24.5 Å². The predicted molar refractivity (Wildman–Crippen MR) is 128 cm³/mol. The second kappa shape index (κ2) is 9.47. The van der Waals surface area contributed by atoms with Crippen molar-refractivity contribution in [2.75, 3.05) is 50.1 Å². The molecule has 7 nitrogen and oxygen atoms in total. The van der Waals surface area contributed by atoms with E-state index < -0.39 is 0 Å². The number of tetrazole rings is 1. The molecule has 1 aliphatic heterocycles. The van der Waals surface area contributed by atoms with Crippen molar-refractivity contribution in [2.24, 2.45) is 0 Å². The fraction of sp³-hybridized carbons (Fsp3) is 0.480. The van der Waals surface area contributed by atoms with Crippen molar-refractivity contribution in [3.63, 3.8) is 0 Å². The second-order valence-electron chi connectivity index (χ2n) is 9.28. The lowest BCUT2D eigenvalue weighted by Gasteiger charge is -2.40. The average molecular weight is 450 g/mol. The first-order chi connectivity index (χ1) is 16.1. The zero-order valence-electron chi connectivity index (χ0n) is 19.4. The van der Waals surface area contributed by atoms with Gasteiger partial charge >= 0.3 is 0 Å². The number of hydrogen-bond acceptors (Lipinski definition) is 6. The molecule has 0 radical (unpaired) electrons. The summed E-state index contributed by atoms with van der Waals surface area (Å²) in [6, 6.07) is 16.1. The molecule has 0 bridgehead atoms. The fourth-order valence-corrected chi connectivity index (χ4v) is 5.20. The van der Waals surface area contributed by atoms with Gasteiger partial charge in [-0.25, -0.2) is 9.07 Å². The van der Waals surface area contributed by atoms with Crippen molar-refractivity contribution in [1.29, 1.82) is 0 Å². The lowest BCUT2D eigenvalue weighted by molar-refractivity contribution is 0.197. The monoisotopic (exact) mass is 449 g/mol. The SMILES string of the molecule is CN(C)c1ccc([C@@H](c2nnnn2C2CCCC2)N2CCN(c3ccccc3F)CC2)cc1. The number of rotatable bonds is 6. The van der Waals surface area contributed by atoms with Gasteiger partial charge in [-0.3, -0.25) is 4.90 Å². The van der Waals surface area contributed by atoms with E-state index in [1.54, 1.807) is 6.07 Å². The summed E-state index contributed by atoms with van der Waals surface area (Å²) >= 11 is 0. The first-order valence-corrected chi connectivity index (χ1v) is 11.9. The van der Waals surface area contributed by atoms with Crippen molar-refractivity contribution < 1.29 is 4.39 Å². The van der Waals surface area contributed by atoms with Gasteiger partial charge in [0.05, 0.1) is 17.8 Å². The highest BCUT2D eigenvalue weighted by Crippen LogP contribution is 2.35. The van der Waals surface area contributed by atoms with E-state index in [0.717, 1.165) is 50.5 Å². The molecule has 1 aliphatic carbocycles. The summed E-state index contributed by atoms with van der Waals surface area (Å²) in [5.41, 5.74) is 3.03. The molecule has 0 spiro atoms. The van der Waals surface area contributed by atoms with Gasteiger partial charge < -0.3 is 9.80 Å². The largest absolute Gasteiger partial charge is 0.378 e. The summed E-state index contributed by atoms with van der Waals surface area (Å²) in [5, 5.41) is 13.1. The minimum Gasteiger partial charge on any atom is -0.378 e. The molecule has 174 valence electrons. The Labute approximate surface area is 194 Å². The van der Waals surface area contributed by atoms with Crippen LogP contribution in [0.4, 0.5) is 15.8 Å². The minimum atomic E-state index is -0.160. The number of benzene rings is 2. The molecule has 2 aromatic carbocycles. The van der Waals surface area contributed by atoms with Gasteiger partial charge in [-0.15, -0.1) is 5.10 Å². The van der Waals surface area contributed by atoms with Gasteiger partial charge in [-0.05, 0) is 53.1 Å². The number of halogens is 1. The number of nitrogens with zero attached hydrogens (tertiary/aromatic N) is 7. The summed E-state index contributed by atoms with van der Waals surface area (Å²) < 4.78 is 16.4. The molecule has 0 N–H and O–H groups in total. The first kappa shape index (κ1) is 21.8. The predicted octanol–water partition coefficient (Wildman–Crippen LogP) is 3.90. The third-order valence-corrected chi connectivity index (χ3v) is 7.03. The standard InChI is InChI=1S/C25H32FN7/c1-30(2)20-13-11-19(12-14-20)24(25-27-28-29-33(25)21-7-3-4-8-21)32-17-15-31(16-18-32)23-10-6-5-9-22(23)26/h5-6,9-14,21,24H,3-4,7-8,15-18H2,1-2H3/t24-/m0/s1. The highest BCUT2D eigenvalue weighted by Gasteiger charge is 2.33. The van der Waals surface area contributed by atoms with Crippen LogP contribution in [0.25, 0.3) is 0 Å². The van der Waals surface area contributed by atoms with E-state index in [2.05, 4.69) is 73.3 Å². The Balaban J connectivity index is 1.44. The minimum absolute atomic E-state index is 0.0282. The Bertz CT molecular complexity index is 1050. The second-order valence-corrected chi connectivity index (χ2v) is 9.28. The van der Waals surface area contributed by atoms with Crippen LogP contribution in [0.2, 0.25) is 0 Å². The van der Waals surface area contributed by atoms with E-state index >= 15 is 0 Å². The molecular weight excluding hydrogens is 417 g/mol. The molecule has 2 heterocycles. The van der Waals surface area contributed by atoms with Crippen LogP contribution in [0.3, 0.4) is 0 Å². The van der Waals surface area contributed by atoms with Crippen LogP contribution in [-0.4, -0.2) is 65.4 Å². The Kier molecular flexibility index (Phi) is 6.26. The van der Waals surface area contributed by atoms with Gasteiger partial charge in [0.25, 0.3) is 0 Å². The molecule has 1 saturated carbocycles. The Morgan fingerprint density at radius 1 is 0.939 bits per heavy atom. The molecule has 1 atom stereocenters. The number of piperazine rings is 1. The molecule has 3 aromatic rings. The van der Waals surface area contributed by atoms with Gasteiger partial charge in [-0.2, -0.15) is 0 Å². The zero-order valence-corrected chi connectivity index (χ0v) is 19.4. The molecule has 2 aliphatic rings. The maximum Gasteiger partial charge on any atom is 0.173 e. The Morgan fingerprint density at radius 2 is 1.64 bits per heavy atom. The summed E-state index contributed by atoms with van der Waals surface area (Å²) in [4.78, 5) is 6.69. The van der Waals surface area contributed by atoms with Crippen LogP contribution in [0.5, 0.6) is 0 Å². The maximum absolute atomic E-state index is 14.4. The summed E-state index contributed by atoms with van der Waals surface area (Å²) in [6.45, 7) is 3.15. The van der Waals surface area contributed by atoms with Crippen LogP contribution in [0.1, 0.15) is 49.2 Å². The van der Waals surface area contributed by atoms with Gasteiger partial charge in [0.15, 0.2) is 5.82 Å². The molecule has 5 rings (SSSR count). The quantitative estimate of drug-likeness (QED) is 0.569. The van der Waals surface area contributed by atoms with Crippen molar-refractivity contribution >= 4 is 11.4 Å². The van der Waals surface area contributed by atoms with Crippen LogP contribution >= 0.6 is 0 Å². The summed E-state index contributed by atoms with van der Waals surface area (Å²) in [6.07, 6.45) is 4.72.